The van der Waals surface area contributed by atoms with Crippen LogP contribution >= 0.6 is 0 Å². The lowest BCUT2D eigenvalue weighted by Crippen LogP contribution is -2.15. The smallest absolute Gasteiger partial charge is 0.333 e. The summed E-state index contributed by atoms with van der Waals surface area (Å²) in [6, 6.07) is 4.08. The molecule has 2 N–H and O–H groups in total. The van der Waals surface area contributed by atoms with Crippen molar-refractivity contribution in [3.05, 3.63) is 35.9 Å². The minimum absolute atomic E-state index is 0.0112. The summed E-state index contributed by atoms with van der Waals surface area (Å²) in [4.78, 5) is 22.5. The summed E-state index contributed by atoms with van der Waals surface area (Å²) in [5.74, 6) is -1.47. The molecule has 0 aromatic heterocycles. The number of phenols is 2. The Morgan fingerprint density at radius 2 is 1.94 bits per heavy atom. The molecule has 0 atom stereocenters. The van der Waals surface area contributed by atoms with E-state index in [1.165, 1.54) is 25.1 Å². The van der Waals surface area contributed by atoms with Crippen LogP contribution in [0.1, 0.15) is 12.5 Å². The fourth-order valence-electron chi connectivity index (χ4n) is 1.23. The molecular formula is C13H14O5. The van der Waals surface area contributed by atoms with Gasteiger partial charge in [-0.3, -0.25) is 4.79 Å². The quantitative estimate of drug-likeness (QED) is 0.468. The van der Waals surface area contributed by atoms with Crippen LogP contribution in [0.5, 0.6) is 11.5 Å². The summed E-state index contributed by atoms with van der Waals surface area (Å²) in [6.45, 7) is 4.54. The van der Waals surface area contributed by atoms with Gasteiger partial charge in [-0.15, -0.1) is 0 Å². The Hall–Kier alpha value is -2.30. The SMILES string of the molecule is C=C(C)C(=O)OCC(=O)Cc1ccc(O)c(O)c1. The second kappa shape index (κ2) is 5.86. The van der Waals surface area contributed by atoms with Crippen molar-refractivity contribution in [3.63, 3.8) is 0 Å². The molecule has 0 heterocycles. The summed E-state index contributed by atoms with van der Waals surface area (Å²) in [6.07, 6.45) is 0.0112. The van der Waals surface area contributed by atoms with Crippen LogP contribution in [-0.4, -0.2) is 28.6 Å². The van der Waals surface area contributed by atoms with Gasteiger partial charge in [-0.25, -0.2) is 4.79 Å². The molecule has 0 aliphatic carbocycles. The number of hydrogen-bond acceptors (Lipinski definition) is 5. The molecule has 0 fully saturated rings. The number of hydrogen-bond donors (Lipinski definition) is 2. The number of phenolic OH excluding ortho intramolecular Hbond substituents is 2. The van der Waals surface area contributed by atoms with E-state index in [0.29, 0.717) is 5.56 Å². The Balaban J connectivity index is 2.52. The summed E-state index contributed by atoms with van der Waals surface area (Å²) in [7, 11) is 0. The first-order valence-electron chi connectivity index (χ1n) is 5.25. The molecule has 1 rings (SSSR count). The van der Waals surface area contributed by atoms with Gasteiger partial charge in [0.25, 0.3) is 0 Å². The third-order valence-corrected chi connectivity index (χ3v) is 2.15. The van der Waals surface area contributed by atoms with Crippen LogP contribution in [0, 0.1) is 0 Å². The Bertz CT molecular complexity index is 490. The summed E-state index contributed by atoms with van der Waals surface area (Å²) >= 11 is 0. The topological polar surface area (TPSA) is 83.8 Å². The Labute approximate surface area is 104 Å². The van der Waals surface area contributed by atoms with Crippen LogP contribution in [0.2, 0.25) is 0 Å². The summed E-state index contributed by atoms with van der Waals surface area (Å²) < 4.78 is 4.69. The average molecular weight is 250 g/mol. The number of ketones is 1. The highest BCUT2D eigenvalue weighted by atomic mass is 16.5. The molecule has 0 amide bonds. The molecule has 18 heavy (non-hydrogen) atoms. The zero-order chi connectivity index (χ0) is 13.7. The highest BCUT2D eigenvalue weighted by molar-refractivity contribution is 5.90. The lowest BCUT2D eigenvalue weighted by atomic mass is 10.1. The number of carbonyl (C=O) groups is 2. The van der Waals surface area contributed by atoms with Crippen molar-refractivity contribution in [1.82, 2.24) is 0 Å². The maximum atomic E-state index is 11.5. The summed E-state index contributed by atoms with van der Waals surface area (Å²) in [5.41, 5.74) is 0.756. The van der Waals surface area contributed by atoms with Gasteiger partial charge in [0.2, 0.25) is 0 Å². The van der Waals surface area contributed by atoms with Crippen LogP contribution in [0.25, 0.3) is 0 Å². The van der Waals surface area contributed by atoms with E-state index in [9.17, 15) is 14.7 Å². The molecule has 0 bridgehead atoms. The number of Topliss-reactive ketones (excluding diaryl/α,β-unsaturated/α-hetero) is 1. The van der Waals surface area contributed by atoms with Crippen LogP contribution in [0.15, 0.2) is 30.4 Å². The number of esters is 1. The van der Waals surface area contributed by atoms with Crippen molar-refractivity contribution in [2.75, 3.05) is 6.61 Å². The predicted octanol–water partition coefficient (Wildman–Crippen LogP) is 1.33. The molecule has 0 spiro atoms. The number of carbonyl (C=O) groups excluding carboxylic acids is 2. The zero-order valence-electron chi connectivity index (χ0n) is 9.97. The van der Waals surface area contributed by atoms with Crippen molar-refractivity contribution in [2.24, 2.45) is 0 Å². The van der Waals surface area contributed by atoms with E-state index in [1.54, 1.807) is 0 Å². The number of ether oxygens (including phenoxy) is 1. The molecule has 5 heteroatoms. The first-order chi connectivity index (χ1) is 8.40. The van der Waals surface area contributed by atoms with E-state index >= 15 is 0 Å². The predicted molar refractivity (Wildman–Crippen MR) is 64.3 cm³/mol. The largest absolute Gasteiger partial charge is 0.504 e. The zero-order valence-corrected chi connectivity index (χ0v) is 9.97. The summed E-state index contributed by atoms with van der Waals surface area (Å²) in [5, 5.41) is 18.3. The van der Waals surface area contributed by atoms with E-state index in [4.69, 9.17) is 9.84 Å². The standard InChI is InChI=1S/C13H14O5/c1-8(2)13(17)18-7-10(14)5-9-3-4-11(15)12(16)6-9/h3-4,6,15-16H,1,5,7H2,2H3. The van der Waals surface area contributed by atoms with Gasteiger partial charge in [0.1, 0.15) is 0 Å². The van der Waals surface area contributed by atoms with Gasteiger partial charge in [0.15, 0.2) is 23.9 Å². The fraction of sp³-hybridized carbons (Fsp3) is 0.231. The average Bonchev–Trinajstić information content (AvgIpc) is 2.30. The van der Waals surface area contributed by atoms with Gasteiger partial charge in [0, 0.05) is 12.0 Å². The van der Waals surface area contributed by atoms with Crippen molar-refractivity contribution < 1.29 is 24.5 Å². The highest BCUT2D eigenvalue weighted by Gasteiger charge is 2.10. The van der Waals surface area contributed by atoms with E-state index in [2.05, 4.69) is 6.58 Å². The minimum atomic E-state index is -0.614. The second-order valence-electron chi connectivity index (χ2n) is 3.89. The molecule has 0 unspecified atom stereocenters. The number of aromatic hydroxyl groups is 2. The van der Waals surface area contributed by atoms with Crippen LogP contribution in [0.3, 0.4) is 0 Å². The molecule has 0 saturated carbocycles. The molecule has 96 valence electrons. The van der Waals surface area contributed by atoms with E-state index < -0.39 is 5.97 Å². The van der Waals surface area contributed by atoms with Crippen LogP contribution in [0.4, 0.5) is 0 Å². The Morgan fingerprint density at radius 1 is 1.28 bits per heavy atom. The third kappa shape index (κ3) is 3.93. The van der Waals surface area contributed by atoms with Gasteiger partial charge < -0.3 is 14.9 Å². The molecule has 1 aromatic rings. The molecule has 0 aliphatic rings. The first-order valence-corrected chi connectivity index (χ1v) is 5.25. The Morgan fingerprint density at radius 3 is 2.50 bits per heavy atom. The monoisotopic (exact) mass is 250 g/mol. The van der Waals surface area contributed by atoms with Gasteiger partial charge >= 0.3 is 5.97 Å². The molecular weight excluding hydrogens is 236 g/mol. The molecule has 0 radical (unpaired) electrons. The van der Waals surface area contributed by atoms with E-state index in [1.807, 2.05) is 0 Å². The van der Waals surface area contributed by atoms with Crippen molar-refractivity contribution in [3.8, 4) is 11.5 Å². The van der Waals surface area contributed by atoms with Gasteiger partial charge in [-0.1, -0.05) is 12.6 Å². The lowest BCUT2D eigenvalue weighted by molar-refractivity contribution is -0.143. The normalized spacial score (nSPS) is 9.83. The molecule has 0 aliphatic heterocycles. The van der Waals surface area contributed by atoms with Crippen molar-refractivity contribution in [1.29, 1.82) is 0 Å². The second-order valence-corrected chi connectivity index (χ2v) is 3.89. The van der Waals surface area contributed by atoms with Crippen molar-refractivity contribution >= 4 is 11.8 Å². The third-order valence-electron chi connectivity index (χ3n) is 2.15. The molecule has 5 nitrogen and oxygen atoms in total. The van der Waals surface area contributed by atoms with Gasteiger partial charge in [-0.2, -0.15) is 0 Å². The van der Waals surface area contributed by atoms with Crippen LogP contribution in [-0.2, 0) is 20.7 Å². The minimum Gasteiger partial charge on any atom is -0.504 e. The maximum Gasteiger partial charge on any atom is 0.333 e. The Kier molecular flexibility index (Phi) is 4.48. The number of rotatable bonds is 5. The van der Waals surface area contributed by atoms with Gasteiger partial charge in [0.05, 0.1) is 0 Å². The maximum absolute atomic E-state index is 11.5. The highest BCUT2D eigenvalue weighted by Crippen LogP contribution is 2.25. The fourth-order valence-corrected chi connectivity index (χ4v) is 1.23. The molecule has 1 aromatic carbocycles. The van der Waals surface area contributed by atoms with Crippen LogP contribution < -0.4 is 0 Å². The first kappa shape index (κ1) is 13.8. The van der Waals surface area contributed by atoms with Gasteiger partial charge in [-0.05, 0) is 24.6 Å². The van der Waals surface area contributed by atoms with E-state index in [-0.39, 0.29) is 35.9 Å². The lowest BCUT2D eigenvalue weighted by Gasteiger charge is -2.05. The number of benzene rings is 1. The molecule has 0 saturated heterocycles. The van der Waals surface area contributed by atoms with E-state index in [0.717, 1.165) is 0 Å². The van der Waals surface area contributed by atoms with Crippen molar-refractivity contribution in [2.45, 2.75) is 13.3 Å².